The van der Waals surface area contributed by atoms with Crippen molar-refractivity contribution < 1.29 is 0 Å². The van der Waals surface area contributed by atoms with E-state index in [0.717, 1.165) is 4.47 Å². The van der Waals surface area contributed by atoms with Crippen molar-refractivity contribution in [3.63, 3.8) is 0 Å². The molecule has 0 aliphatic carbocycles. The summed E-state index contributed by atoms with van der Waals surface area (Å²) in [6, 6.07) is 6.27. The molecule has 0 fully saturated rings. The van der Waals surface area contributed by atoms with Gasteiger partial charge in [-0.05, 0) is 39.9 Å². The van der Waals surface area contributed by atoms with E-state index in [1.165, 1.54) is 20.5 Å². The van der Waals surface area contributed by atoms with E-state index >= 15 is 0 Å². The number of hydrogen-bond donors (Lipinski definition) is 0. The zero-order valence-corrected chi connectivity index (χ0v) is 10.3. The van der Waals surface area contributed by atoms with Crippen LogP contribution >= 0.6 is 38.9 Å². The van der Waals surface area contributed by atoms with Crippen LogP contribution in [0.15, 0.2) is 22.7 Å². The van der Waals surface area contributed by atoms with Crippen LogP contribution in [-0.2, 0) is 5.88 Å². The predicted molar refractivity (Wildman–Crippen MR) is 63.8 cm³/mol. The quantitative estimate of drug-likeness (QED) is 0.661. The maximum atomic E-state index is 5.85. The first-order valence-corrected chi connectivity index (χ1v) is 6.11. The van der Waals surface area contributed by atoms with E-state index in [9.17, 15) is 0 Å². The van der Waals surface area contributed by atoms with Crippen LogP contribution < -0.4 is 0 Å². The lowest BCUT2D eigenvalue weighted by atomic mass is 10.2. The molecule has 68 valence electrons. The maximum Gasteiger partial charge on any atom is 0.0571 e. The molecular formula is C10H8BrClS. The number of hydrogen-bond acceptors (Lipinski definition) is 1. The van der Waals surface area contributed by atoms with E-state index in [4.69, 9.17) is 11.6 Å². The molecule has 0 atom stereocenters. The Morgan fingerprint density at radius 1 is 1.46 bits per heavy atom. The van der Waals surface area contributed by atoms with Gasteiger partial charge in [-0.2, -0.15) is 0 Å². The van der Waals surface area contributed by atoms with E-state index in [0.29, 0.717) is 5.88 Å². The normalized spacial score (nSPS) is 11.0. The molecule has 2 aromatic rings. The lowest BCUT2D eigenvalue weighted by molar-refractivity contribution is 1.42. The molecule has 1 aromatic carbocycles. The minimum atomic E-state index is 0.609. The van der Waals surface area contributed by atoms with Crippen LogP contribution in [0.2, 0.25) is 0 Å². The minimum absolute atomic E-state index is 0.609. The summed E-state index contributed by atoms with van der Waals surface area (Å²) in [4.78, 5) is 1.27. The summed E-state index contributed by atoms with van der Waals surface area (Å²) in [6.07, 6.45) is 0. The first-order chi connectivity index (χ1) is 6.24. The Morgan fingerprint density at radius 3 is 2.85 bits per heavy atom. The standard InChI is InChI=1S/C10H8BrClS/c1-6-7-3-2-4-8(11)10(7)13-9(6)5-12/h2-4H,5H2,1H3. The predicted octanol–water partition coefficient (Wildman–Crippen LogP) is 4.71. The summed E-state index contributed by atoms with van der Waals surface area (Å²) in [6.45, 7) is 2.13. The van der Waals surface area contributed by atoms with Gasteiger partial charge in [0, 0.05) is 14.0 Å². The van der Waals surface area contributed by atoms with E-state index in [1.54, 1.807) is 11.3 Å². The van der Waals surface area contributed by atoms with E-state index in [-0.39, 0.29) is 0 Å². The fraction of sp³-hybridized carbons (Fsp3) is 0.200. The van der Waals surface area contributed by atoms with Crippen molar-refractivity contribution in [1.82, 2.24) is 0 Å². The molecule has 3 heteroatoms. The van der Waals surface area contributed by atoms with Gasteiger partial charge in [-0.1, -0.05) is 12.1 Å². The number of thiophene rings is 1. The number of fused-ring (bicyclic) bond motifs is 1. The molecule has 0 bridgehead atoms. The second kappa shape index (κ2) is 3.60. The fourth-order valence-electron chi connectivity index (χ4n) is 1.39. The molecule has 0 saturated heterocycles. The molecule has 13 heavy (non-hydrogen) atoms. The second-order valence-corrected chi connectivity index (χ2v) is 5.13. The Kier molecular flexibility index (Phi) is 2.63. The average molecular weight is 276 g/mol. The summed E-state index contributed by atoms with van der Waals surface area (Å²) in [5.41, 5.74) is 1.32. The summed E-state index contributed by atoms with van der Waals surface area (Å²) in [5.74, 6) is 0.609. The number of halogens is 2. The highest BCUT2D eigenvalue weighted by molar-refractivity contribution is 9.10. The number of aryl methyl sites for hydroxylation is 1. The zero-order valence-electron chi connectivity index (χ0n) is 7.10. The molecular weight excluding hydrogens is 268 g/mol. The number of rotatable bonds is 1. The fourth-order valence-corrected chi connectivity index (χ4v) is 3.42. The van der Waals surface area contributed by atoms with Gasteiger partial charge in [0.1, 0.15) is 0 Å². The monoisotopic (exact) mass is 274 g/mol. The van der Waals surface area contributed by atoms with Crippen LogP contribution in [0.25, 0.3) is 10.1 Å². The van der Waals surface area contributed by atoms with Gasteiger partial charge in [-0.3, -0.25) is 0 Å². The molecule has 2 rings (SSSR count). The third-order valence-electron chi connectivity index (χ3n) is 2.14. The summed E-state index contributed by atoms with van der Waals surface area (Å²) in [7, 11) is 0. The van der Waals surface area contributed by atoms with Crippen LogP contribution in [0, 0.1) is 6.92 Å². The zero-order chi connectivity index (χ0) is 9.42. The van der Waals surface area contributed by atoms with Gasteiger partial charge < -0.3 is 0 Å². The van der Waals surface area contributed by atoms with Gasteiger partial charge in [0.05, 0.1) is 5.88 Å². The molecule has 0 unspecified atom stereocenters. The highest BCUT2D eigenvalue weighted by Crippen LogP contribution is 2.36. The largest absolute Gasteiger partial charge is 0.138 e. The molecule has 0 nitrogen and oxygen atoms in total. The third-order valence-corrected chi connectivity index (χ3v) is 4.83. The Labute approximate surface area is 94.7 Å². The molecule has 0 spiro atoms. The summed E-state index contributed by atoms with van der Waals surface area (Å²) < 4.78 is 2.46. The Morgan fingerprint density at radius 2 is 2.23 bits per heavy atom. The summed E-state index contributed by atoms with van der Waals surface area (Å²) >= 11 is 11.2. The maximum absolute atomic E-state index is 5.85. The molecule has 1 aromatic heterocycles. The van der Waals surface area contributed by atoms with Crippen LogP contribution in [-0.4, -0.2) is 0 Å². The van der Waals surface area contributed by atoms with Crippen molar-refractivity contribution >= 4 is 49.0 Å². The Bertz CT molecular complexity index is 447. The molecule has 0 saturated carbocycles. The lowest BCUT2D eigenvalue weighted by Gasteiger charge is -1.93. The third kappa shape index (κ3) is 1.51. The van der Waals surface area contributed by atoms with Gasteiger partial charge in [-0.25, -0.2) is 0 Å². The van der Waals surface area contributed by atoms with Gasteiger partial charge in [0.15, 0.2) is 0 Å². The van der Waals surface area contributed by atoms with Crippen molar-refractivity contribution in [3.05, 3.63) is 33.1 Å². The van der Waals surface area contributed by atoms with Crippen molar-refractivity contribution in [2.45, 2.75) is 12.8 Å². The van der Waals surface area contributed by atoms with Gasteiger partial charge >= 0.3 is 0 Å². The average Bonchev–Trinajstić information content (AvgIpc) is 2.45. The first kappa shape index (κ1) is 9.50. The van der Waals surface area contributed by atoms with Crippen LogP contribution in [0.4, 0.5) is 0 Å². The van der Waals surface area contributed by atoms with Crippen LogP contribution in [0.3, 0.4) is 0 Å². The van der Waals surface area contributed by atoms with Gasteiger partial charge in [0.2, 0.25) is 0 Å². The first-order valence-electron chi connectivity index (χ1n) is 3.96. The molecule has 1 heterocycles. The number of alkyl halides is 1. The highest BCUT2D eigenvalue weighted by Gasteiger charge is 2.08. The van der Waals surface area contributed by atoms with Gasteiger partial charge in [-0.15, -0.1) is 22.9 Å². The SMILES string of the molecule is Cc1c(CCl)sc2c(Br)cccc12. The molecule has 0 aliphatic rings. The van der Waals surface area contributed by atoms with E-state index < -0.39 is 0 Å². The molecule has 0 amide bonds. The van der Waals surface area contributed by atoms with Crippen molar-refractivity contribution in [1.29, 1.82) is 0 Å². The number of benzene rings is 1. The Hall–Kier alpha value is -0.0500. The molecule has 0 radical (unpaired) electrons. The molecule has 0 aliphatic heterocycles. The smallest absolute Gasteiger partial charge is 0.0571 e. The topological polar surface area (TPSA) is 0 Å². The van der Waals surface area contributed by atoms with Crippen LogP contribution in [0.5, 0.6) is 0 Å². The Balaban J connectivity index is 2.83. The molecule has 0 N–H and O–H groups in total. The van der Waals surface area contributed by atoms with E-state index in [2.05, 4.69) is 41.1 Å². The highest BCUT2D eigenvalue weighted by atomic mass is 79.9. The van der Waals surface area contributed by atoms with E-state index in [1.807, 2.05) is 0 Å². The van der Waals surface area contributed by atoms with Crippen molar-refractivity contribution in [2.75, 3.05) is 0 Å². The van der Waals surface area contributed by atoms with Crippen LogP contribution in [0.1, 0.15) is 10.4 Å². The summed E-state index contributed by atoms with van der Waals surface area (Å²) in [5, 5.41) is 1.31. The van der Waals surface area contributed by atoms with Crippen molar-refractivity contribution in [3.8, 4) is 0 Å². The lowest BCUT2D eigenvalue weighted by Crippen LogP contribution is -1.73. The second-order valence-electron chi connectivity index (χ2n) is 2.90. The van der Waals surface area contributed by atoms with Gasteiger partial charge in [0.25, 0.3) is 0 Å². The minimum Gasteiger partial charge on any atom is -0.138 e. The van der Waals surface area contributed by atoms with Crippen molar-refractivity contribution in [2.24, 2.45) is 0 Å².